The van der Waals surface area contributed by atoms with Crippen molar-refractivity contribution in [3.05, 3.63) is 27.9 Å². The van der Waals surface area contributed by atoms with E-state index in [9.17, 15) is 14.9 Å². The fourth-order valence-corrected chi connectivity index (χ4v) is 1.32. The molecular weight excluding hydrogens is 250 g/mol. The first-order valence-electron chi connectivity index (χ1n) is 5.72. The second-order valence-corrected chi connectivity index (χ2v) is 4.17. The van der Waals surface area contributed by atoms with Gasteiger partial charge in [0.1, 0.15) is 5.82 Å². The minimum absolute atomic E-state index is 0.0230. The Labute approximate surface area is 111 Å². The molecule has 0 spiro atoms. The highest BCUT2D eigenvalue weighted by Gasteiger charge is 2.11. The van der Waals surface area contributed by atoms with Crippen molar-refractivity contribution in [1.82, 2.24) is 15.2 Å². The maximum atomic E-state index is 11.2. The molecule has 0 fully saturated rings. The van der Waals surface area contributed by atoms with Crippen molar-refractivity contribution in [1.29, 1.82) is 0 Å². The van der Waals surface area contributed by atoms with Gasteiger partial charge in [-0.1, -0.05) is 0 Å². The van der Waals surface area contributed by atoms with Gasteiger partial charge in [0, 0.05) is 38.9 Å². The number of nitro groups is 1. The number of nitrogens with one attached hydrogen (secondary N) is 2. The maximum absolute atomic E-state index is 11.2. The number of hydrogen-bond donors (Lipinski definition) is 2. The zero-order valence-corrected chi connectivity index (χ0v) is 11.1. The van der Waals surface area contributed by atoms with Crippen LogP contribution in [0, 0.1) is 17.0 Å². The van der Waals surface area contributed by atoms with Crippen LogP contribution in [0.1, 0.15) is 5.56 Å². The molecule has 8 nitrogen and oxygen atoms in total. The highest BCUT2D eigenvalue weighted by molar-refractivity contribution is 5.73. The SMILES string of the molecule is Cc1cnc(NCCNC(=O)N(C)C)cc1[N+](=O)[O-]. The predicted molar refractivity (Wildman–Crippen MR) is 71.2 cm³/mol. The second kappa shape index (κ2) is 6.53. The van der Waals surface area contributed by atoms with Crippen molar-refractivity contribution < 1.29 is 9.72 Å². The van der Waals surface area contributed by atoms with E-state index < -0.39 is 4.92 Å². The fourth-order valence-electron chi connectivity index (χ4n) is 1.32. The van der Waals surface area contributed by atoms with E-state index >= 15 is 0 Å². The maximum Gasteiger partial charge on any atom is 0.316 e. The van der Waals surface area contributed by atoms with E-state index in [4.69, 9.17) is 0 Å². The van der Waals surface area contributed by atoms with Crippen LogP contribution >= 0.6 is 0 Å². The molecule has 19 heavy (non-hydrogen) atoms. The van der Waals surface area contributed by atoms with E-state index in [-0.39, 0.29) is 11.7 Å². The second-order valence-electron chi connectivity index (χ2n) is 4.17. The molecule has 0 atom stereocenters. The molecule has 0 unspecified atom stereocenters. The topological polar surface area (TPSA) is 100 Å². The minimum Gasteiger partial charge on any atom is -0.368 e. The molecule has 0 bridgehead atoms. The Morgan fingerprint density at radius 3 is 2.74 bits per heavy atom. The summed E-state index contributed by atoms with van der Waals surface area (Å²) in [5, 5.41) is 16.3. The lowest BCUT2D eigenvalue weighted by Gasteiger charge is -2.12. The van der Waals surface area contributed by atoms with Crippen LogP contribution in [0.4, 0.5) is 16.3 Å². The Bertz CT molecular complexity index is 475. The van der Waals surface area contributed by atoms with Crippen LogP contribution < -0.4 is 10.6 Å². The number of aryl methyl sites for hydroxylation is 1. The number of carbonyl (C=O) groups excluding carboxylic acids is 1. The number of nitrogens with zero attached hydrogens (tertiary/aromatic N) is 3. The van der Waals surface area contributed by atoms with Gasteiger partial charge in [0.05, 0.1) is 11.0 Å². The lowest BCUT2D eigenvalue weighted by atomic mass is 10.2. The summed E-state index contributed by atoms with van der Waals surface area (Å²) in [6.45, 7) is 2.47. The molecule has 0 radical (unpaired) electrons. The van der Waals surface area contributed by atoms with Crippen LogP contribution in [0.5, 0.6) is 0 Å². The van der Waals surface area contributed by atoms with Crippen LogP contribution in [0.25, 0.3) is 0 Å². The zero-order chi connectivity index (χ0) is 14.4. The zero-order valence-electron chi connectivity index (χ0n) is 11.1. The van der Waals surface area contributed by atoms with Gasteiger partial charge in [0.25, 0.3) is 5.69 Å². The van der Waals surface area contributed by atoms with Crippen LogP contribution in [0.15, 0.2) is 12.3 Å². The smallest absolute Gasteiger partial charge is 0.316 e. The van der Waals surface area contributed by atoms with Crippen LogP contribution in [-0.4, -0.2) is 48.0 Å². The molecule has 104 valence electrons. The van der Waals surface area contributed by atoms with E-state index in [1.165, 1.54) is 17.2 Å². The summed E-state index contributed by atoms with van der Waals surface area (Å²) in [6.07, 6.45) is 1.44. The van der Waals surface area contributed by atoms with Gasteiger partial charge in [0.15, 0.2) is 0 Å². The number of urea groups is 1. The third-order valence-corrected chi connectivity index (χ3v) is 2.38. The lowest BCUT2D eigenvalue weighted by molar-refractivity contribution is -0.385. The van der Waals surface area contributed by atoms with E-state index in [1.54, 1.807) is 21.0 Å². The first-order valence-corrected chi connectivity index (χ1v) is 5.72. The molecule has 2 N–H and O–H groups in total. The van der Waals surface area contributed by atoms with Crippen molar-refractivity contribution >= 4 is 17.5 Å². The van der Waals surface area contributed by atoms with Crippen LogP contribution in [-0.2, 0) is 0 Å². The van der Waals surface area contributed by atoms with Gasteiger partial charge < -0.3 is 15.5 Å². The lowest BCUT2D eigenvalue weighted by Crippen LogP contribution is -2.37. The third-order valence-electron chi connectivity index (χ3n) is 2.38. The first-order chi connectivity index (χ1) is 8.91. The molecule has 1 aromatic heterocycles. The van der Waals surface area contributed by atoms with E-state index in [0.29, 0.717) is 24.5 Å². The van der Waals surface area contributed by atoms with Crippen molar-refractivity contribution in [2.75, 3.05) is 32.5 Å². The van der Waals surface area contributed by atoms with Crippen molar-refractivity contribution in [3.8, 4) is 0 Å². The summed E-state index contributed by atoms with van der Waals surface area (Å²) in [5.74, 6) is 0.413. The molecule has 0 aliphatic rings. The number of carbonyl (C=O) groups is 1. The average molecular weight is 267 g/mol. The van der Waals surface area contributed by atoms with Crippen LogP contribution in [0.2, 0.25) is 0 Å². The van der Waals surface area contributed by atoms with Crippen molar-refractivity contribution in [2.24, 2.45) is 0 Å². The summed E-state index contributed by atoms with van der Waals surface area (Å²) < 4.78 is 0. The van der Waals surface area contributed by atoms with Crippen molar-refractivity contribution in [2.45, 2.75) is 6.92 Å². The molecule has 1 rings (SSSR count). The number of aromatic nitrogens is 1. The Kier molecular flexibility index (Phi) is 5.04. The molecule has 0 saturated heterocycles. The van der Waals surface area contributed by atoms with Crippen molar-refractivity contribution in [3.63, 3.8) is 0 Å². The number of rotatable bonds is 5. The van der Waals surface area contributed by atoms with Crippen LogP contribution in [0.3, 0.4) is 0 Å². The largest absolute Gasteiger partial charge is 0.368 e. The average Bonchev–Trinajstić information content (AvgIpc) is 2.35. The fraction of sp³-hybridized carbons (Fsp3) is 0.455. The van der Waals surface area contributed by atoms with Gasteiger partial charge in [-0.25, -0.2) is 9.78 Å². The molecule has 2 amide bonds. The number of amides is 2. The molecule has 8 heteroatoms. The van der Waals surface area contributed by atoms with Gasteiger partial charge in [-0.3, -0.25) is 10.1 Å². The number of anilines is 1. The predicted octanol–water partition coefficient (Wildman–Crippen LogP) is 0.981. The third kappa shape index (κ3) is 4.41. The number of hydrogen-bond acceptors (Lipinski definition) is 5. The Morgan fingerprint density at radius 1 is 1.47 bits per heavy atom. The summed E-state index contributed by atoms with van der Waals surface area (Å²) in [7, 11) is 3.29. The Morgan fingerprint density at radius 2 is 2.16 bits per heavy atom. The van der Waals surface area contributed by atoms with Gasteiger partial charge in [-0.15, -0.1) is 0 Å². The summed E-state index contributed by atoms with van der Waals surface area (Å²) in [5.41, 5.74) is 0.534. The highest BCUT2D eigenvalue weighted by atomic mass is 16.6. The Balaban J connectivity index is 2.48. The monoisotopic (exact) mass is 267 g/mol. The van der Waals surface area contributed by atoms with Gasteiger partial charge >= 0.3 is 6.03 Å². The molecule has 0 aliphatic heterocycles. The molecule has 1 heterocycles. The molecular formula is C11H17N5O3. The first kappa shape index (κ1) is 14.7. The molecule has 0 aliphatic carbocycles. The van der Waals surface area contributed by atoms with Gasteiger partial charge in [-0.2, -0.15) is 0 Å². The Hall–Kier alpha value is -2.38. The van der Waals surface area contributed by atoms with E-state index in [0.717, 1.165) is 0 Å². The summed E-state index contributed by atoms with van der Waals surface area (Å²) >= 11 is 0. The molecule has 1 aromatic rings. The molecule has 0 saturated carbocycles. The van der Waals surface area contributed by atoms with Gasteiger partial charge in [0.2, 0.25) is 0 Å². The quantitative estimate of drug-likeness (QED) is 0.470. The standard InChI is InChI=1S/C11H17N5O3/c1-8-7-14-10(6-9(8)16(18)19)12-4-5-13-11(17)15(2)3/h6-7H,4-5H2,1-3H3,(H,12,14)(H,13,17). The summed E-state index contributed by atoms with van der Waals surface area (Å²) in [6, 6.07) is 1.19. The van der Waals surface area contributed by atoms with E-state index in [1.807, 2.05) is 0 Å². The molecule has 0 aromatic carbocycles. The van der Waals surface area contributed by atoms with Gasteiger partial charge in [-0.05, 0) is 6.92 Å². The highest BCUT2D eigenvalue weighted by Crippen LogP contribution is 2.19. The number of pyridine rings is 1. The summed E-state index contributed by atoms with van der Waals surface area (Å²) in [4.78, 5) is 27.0. The normalized spacial score (nSPS) is 9.84. The van der Waals surface area contributed by atoms with E-state index in [2.05, 4.69) is 15.6 Å². The minimum atomic E-state index is -0.448.